The molecule has 0 aliphatic heterocycles. The molecule has 20 heavy (non-hydrogen) atoms. The molecule has 2 aromatic carbocycles. The first kappa shape index (κ1) is 14.4. The van der Waals surface area contributed by atoms with Crippen LogP contribution in [0.5, 0.6) is 11.5 Å². The highest BCUT2D eigenvalue weighted by atomic mass is 16.5. The average molecular weight is 271 g/mol. The molecule has 3 heteroatoms. The van der Waals surface area contributed by atoms with E-state index in [0.717, 1.165) is 31.0 Å². The summed E-state index contributed by atoms with van der Waals surface area (Å²) in [6.07, 6.45) is 1.01. The van der Waals surface area contributed by atoms with E-state index >= 15 is 0 Å². The maximum Gasteiger partial charge on any atom is 0.118 e. The van der Waals surface area contributed by atoms with Gasteiger partial charge in [-0.3, -0.25) is 0 Å². The molecule has 0 aromatic heterocycles. The lowest BCUT2D eigenvalue weighted by Crippen LogP contribution is -2.16. The molecular formula is C17H21NO2. The molecule has 0 fully saturated rings. The van der Waals surface area contributed by atoms with Crippen molar-refractivity contribution in [2.75, 3.05) is 20.8 Å². The second-order valence-corrected chi connectivity index (χ2v) is 4.62. The van der Waals surface area contributed by atoms with Gasteiger partial charge in [-0.15, -0.1) is 0 Å². The summed E-state index contributed by atoms with van der Waals surface area (Å²) < 4.78 is 10.3. The van der Waals surface area contributed by atoms with Crippen LogP contribution < -0.4 is 14.8 Å². The van der Waals surface area contributed by atoms with Gasteiger partial charge in [-0.25, -0.2) is 0 Å². The molecule has 0 amide bonds. The summed E-state index contributed by atoms with van der Waals surface area (Å²) in [5, 5.41) is 3.44. The van der Waals surface area contributed by atoms with Crippen LogP contribution in [-0.2, 0) is 13.0 Å². The quantitative estimate of drug-likeness (QED) is 0.785. The van der Waals surface area contributed by atoms with Gasteiger partial charge in [0, 0.05) is 6.54 Å². The molecule has 0 saturated carbocycles. The number of benzene rings is 2. The zero-order chi connectivity index (χ0) is 14.2. The van der Waals surface area contributed by atoms with Gasteiger partial charge in [0.15, 0.2) is 0 Å². The Kier molecular flexibility index (Phi) is 5.44. The van der Waals surface area contributed by atoms with Gasteiger partial charge >= 0.3 is 0 Å². The summed E-state index contributed by atoms with van der Waals surface area (Å²) >= 11 is 0. The minimum absolute atomic E-state index is 0.875. The van der Waals surface area contributed by atoms with Gasteiger partial charge in [0.2, 0.25) is 0 Å². The Morgan fingerprint density at radius 3 is 1.75 bits per heavy atom. The predicted molar refractivity (Wildman–Crippen MR) is 81.4 cm³/mol. The van der Waals surface area contributed by atoms with Crippen LogP contribution in [-0.4, -0.2) is 20.8 Å². The highest BCUT2D eigenvalue weighted by Crippen LogP contribution is 2.12. The maximum absolute atomic E-state index is 5.15. The van der Waals surface area contributed by atoms with E-state index in [2.05, 4.69) is 29.6 Å². The second-order valence-electron chi connectivity index (χ2n) is 4.62. The standard InChI is InChI=1S/C17H21NO2/c1-19-16-7-3-14(4-8-16)11-12-18-13-15-5-9-17(20-2)10-6-15/h3-10,18H,11-13H2,1-2H3. The van der Waals surface area contributed by atoms with Crippen molar-refractivity contribution in [2.45, 2.75) is 13.0 Å². The zero-order valence-electron chi connectivity index (χ0n) is 12.1. The summed E-state index contributed by atoms with van der Waals surface area (Å²) in [6, 6.07) is 16.3. The third-order valence-electron chi connectivity index (χ3n) is 3.24. The fraction of sp³-hybridized carbons (Fsp3) is 0.294. The Morgan fingerprint density at radius 1 is 0.750 bits per heavy atom. The van der Waals surface area contributed by atoms with Crippen LogP contribution in [0.3, 0.4) is 0 Å². The molecule has 0 bridgehead atoms. The topological polar surface area (TPSA) is 30.5 Å². The lowest BCUT2D eigenvalue weighted by atomic mass is 10.1. The Hall–Kier alpha value is -2.00. The minimum Gasteiger partial charge on any atom is -0.497 e. The fourth-order valence-corrected chi connectivity index (χ4v) is 2.00. The van der Waals surface area contributed by atoms with Crippen LogP contribution in [0.15, 0.2) is 48.5 Å². The molecule has 3 nitrogen and oxygen atoms in total. The van der Waals surface area contributed by atoms with E-state index in [0.29, 0.717) is 0 Å². The number of hydrogen-bond acceptors (Lipinski definition) is 3. The van der Waals surface area contributed by atoms with Crippen LogP contribution in [0.4, 0.5) is 0 Å². The van der Waals surface area contributed by atoms with Crippen LogP contribution in [0.25, 0.3) is 0 Å². The highest BCUT2D eigenvalue weighted by Gasteiger charge is 1.96. The lowest BCUT2D eigenvalue weighted by molar-refractivity contribution is 0.414. The minimum atomic E-state index is 0.875. The van der Waals surface area contributed by atoms with Crippen molar-refractivity contribution in [1.82, 2.24) is 5.32 Å². The number of methoxy groups -OCH3 is 2. The van der Waals surface area contributed by atoms with Crippen LogP contribution in [0, 0.1) is 0 Å². The summed E-state index contributed by atoms with van der Waals surface area (Å²) in [4.78, 5) is 0. The van der Waals surface area contributed by atoms with Gasteiger partial charge in [-0.05, 0) is 48.4 Å². The predicted octanol–water partition coefficient (Wildman–Crippen LogP) is 3.04. The normalized spacial score (nSPS) is 10.3. The van der Waals surface area contributed by atoms with Crippen LogP contribution >= 0.6 is 0 Å². The molecule has 2 aromatic rings. The van der Waals surface area contributed by atoms with E-state index in [-0.39, 0.29) is 0 Å². The molecule has 0 atom stereocenters. The van der Waals surface area contributed by atoms with Crippen molar-refractivity contribution < 1.29 is 9.47 Å². The SMILES string of the molecule is COc1ccc(CCNCc2ccc(OC)cc2)cc1. The molecule has 0 spiro atoms. The largest absolute Gasteiger partial charge is 0.497 e. The Morgan fingerprint density at radius 2 is 1.25 bits per heavy atom. The first-order valence-corrected chi connectivity index (χ1v) is 6.78. The third-order valence-corrected chi connectivity index (χ3v) is 3.24. The van der Waals surface area contributed by atoms with E-state index in [1.165, 1.54) is 11.1 Å². The van der Waals surface area contributed by atoms with E-state index < -0.39 is 0 Å². The van der Waals surface area contributed by atoms with Crippen LogP contribution in [0.1, 0.15) is 11.1 Å². The van der Waals surface area contributed by atoms with Crippen molar-refractivity contribution in [1.29, 1.82) is 0 Å². The number of rotatable bonds is 7. The highest BCUT2D eigenvalue weighted by molar-refractivity contribution is 5.28. The van der Waals surface area contributed by atoms with Gasteiger partial charge in [0.1, 0.15) is 11.5 Å². The molecule has 0 aliphatic rings. The number of hydrogen-bond donors (Lipinski definition) is 1. The summed E-state index contributed by atoms with van der Waals surface area (Å²) in [7, 11) is 3.37. The lowest BCUT2D eigenvalue weighted by Gasteiger charge is -2.07. The Labute approximate surface area is 120 Å². The molecule has 1 N–H and O–H groups in total. The van der Waals surface area contributed by atoms with Crippen molar-refractivity contribution in [3.05, 3.63) is 59.7 Å². The molecule has 0 aliphatic carbocycles. The maximum atomic E-state index is 5.15. The molecule has 2 rings (SSSR count). The van der Waals surface area contributed by atoms with Gasteiger partial charge in [0.25, 0.3) is 0 Å². The van der Waals surface area contributed by atoms with E-state index in [4.69, 9.17) is 9.47 Å². The van der Waals surface area contributed by atoms with Crippen molar-refractivity contribution in [3.8, 4) is 11.5 Å². The Bertz CT molecular complexity index is 456. The third kappa shape index (κ3) is 4.28. The first-order valence-electron chi connectivity index (χ1n) is 6.78. The number of ether oxygens (including phenoxy) is 2. The summed E-state index contributed by atoms with van der Waals surface area (Å²) in [5.74, 6) is 1.80. The van der Waals surface area contributed by atoms with Gasteiger partial charge in [0.05, 0.1) is 14.2 Å². The molecule has 106 valence electrons. The van der Waals surface area contributed by atoms with Gasteiger partial charge in [-0.2, -0.15) is 0 Å². The molecule has 0 heterocycles. The average Bonchev–Trinajstić information content (AvgIpc) is 2.53. The van der Waals surface area contributed by atoms with Crippen LogP contribution in [0.2, 0.25) is 0 Å². The van der Waals surface area contributed by atoms with Gasteiger partial charge in [-0.1, -0.05) is 24.3 Å². The first-order chi connectivity index (χ1) is 9.81. The monoisotopic (exact) mass is 271 g/mol. The number of nitrogens with one attached hydrogen (secondary N) is 1. The smallest absolute Gasteiger partial charge is 0.118 e. The molecule has 0 radical (unpaired) electrons. The summed E-state index contributed by atoms with van der Waals surface area (Å²) in [6.45, 7) is 1.83. The molecular weight excluding hydrogens is 250 g/mol. The fourth-order valence-electron chi connectivity index (χ4n) is 2.00. The van der Waals surface area contributed by atoms with Crippen molar-refractivity contribution in [2.24, 2.45) is 0 Å². The Balaban J connectivity index is 1.72. The zero-order valence-corrected chi connectivity index (χ0v) is 12.1. The van der Waals surface area contributed by atoms with Gasteiger partial charge < -0.3 is 14.8 Å². The van der Waals surface area contributed by atoms with E-state index in [1.807, 2.05) is 24.3 Å². The second kappa shape index (κ2) is 7.56. The van der Waals surface area contributed by atoms with E-state index in [9.17, 15) is 0 Å². The summed E-state index contributed by atoms with van der Waals surface area (Å²) in [5.41, 5.74) is 2.58. The van der Waals surface area contributed by atoms with Crippen molar-refractivity contribution in [3.63, 3.8) is 0 Å². The molecule has 0 saturated heterocycles. The molecule has 0 unspecified atom stereocenters. The van der Waals surface area contributed by atoms with E-state index in [1.54, 1.807) is 14.2 Å². The van der Waals surface area contributed by atoms with Crippen molar-refractivity contribution >= 4 is 0 Å².